The third kappa shape index (κ3) is 5.55. The van der Waals surface area contributed by atoms with E-state index in [9.17, 15) is 9.18 Å². The monoisotopic (exact) mass is 519 g/mol. The topological polar surface area (TPSA) is 111 Å². The zero-order valence-corrected chi connectivity index (χ0v) is 20.6. The van der Waals surface area contributed by atoms with Gasteiger partial charge >= 0.3 is 6.03 Å². The average molecular weight is 520 g/mol. The van der Waals surface area contributed by atoms with Crippen molar-refractivity contribution in [1.82, 2.24) is 10.3 Å². The number of fused-ring (bicyclic) bond motifs is 3. The Kier molecular flexibility index (Phi) is 7.41. The van der Waals surface area contributed by atoms with Crippen LogP contribution >= 0.6 is 0 Å². The van der Waals surface area contributed by atoms with Gasteiger partial charge in [0.2, 0.25) is 5.75 Å². The highest BCUT2D eigenvalue weighted by Gasteiger charge is 2.24. The van der Waals surface area contributed by atoms with E-state index in [1.807, 2.05) is 6.92 Å². The van der Waals surface area contributed by atoms with Gasteiger partial charge in [-0.2, -0.15) is 0 Å². The number of nitrogens with zero attached hydrogens (tertiary/aromatic N) is 1. The van der Waals surface area contributed by atoms with Crippen LogP contribution in [0.25, 0.3) is 10.9 Å². The molecule has 0 aliphatic carbocycles. The molecule has 1 aliphatic heterocycles. The van der Waals surface area contributed by atoms with Crippen LogP contribution in [0.1, 0.15) is 18.5 Å². The molecule has 3 aromatic carbocycles. The van der Waals surface area contributed by atoms with Crippen molar-refractivity contribution in [2.24, 2.45) is 0 Å². The van der Waals surface area contributed by atoms with Gasteiger partial charge in [-0.1, -0.05) is 12.1 Å². The summed E-state index contributed by atoms with van der Waals surface area (Å²) < 4.78 is 36.6. The first-order valence-corrected chi connectivity index (χ1v) is 12.1. The van der Waals surface area contributed by atoms with Gasteiger partial charge in [0.15, 0.2) is 11.5 Å². The van der Waals surface area contributed by atoms with Crippen LogP contribution < -0.4 is 29.6 Å². The lowest BCUT2D eigenvalue weighted by Gasteiger charge is -2.23. The Bertz CT molecular complexity index is 1430. The van der Waals surface area contributed by atoms with E-state index in [2.05, 4.69) is 15.6 Å². The molecule has 5 rings (SSSR count). The maximum Gasteiger partial charge on any atom is 0.319 e. The van der Waals surface area contributed by atoms with Gasteiger partial charge in [-0.05, 0) is 55.0 Å². The van der Waals surface area contributed by atoms with Crippen LogP contribution in [0, 0.1) is 5.82 Å². The SMILES string of the molecule is C[C@@H](NC(=O)Nc1ccc(Oc2ccnc3cc(OCCO)c4c(c23)OCCO4)cc1)c1ccc(F)cc1. The molecule has 0 radical (unpaired) electrons. The van der Waals surface area contributed by atoms with Gasteiger partial charge in [0.25, 0.3) is 0 Å². The fourth-order valence-electron chi connectivity index (χ4n) is 4.05. The Morgan fingerprint density at radius 2 is 1.79 bits per heavy atom. The number of aromatic nitrogens is 1. The fraction of sp³-hybridized carbons (Fsp3) is 0.214. The van der Waals surface area contributed by atoms with E-state index >= 15 is 0 Å². The van der Waals surface area contributed by atoms with Gasteiger partial charge in [-0.25, -0.2) is 9.18 Å². The maximum absolute atomic E-state index is 13.1. The van der Waals surface area contributed by atoms with Crippen molar-refractivity contribution in [3.05, 3.63) is 78.2 Å². The number of anilines is 1. The highest BCUT2D eigenvalue weighted by atomic mass is 19.1. The number of hydrogen-bond donors (Lipinski definition) is 3. The van der Waals surface area contributed by atoms with Crippen LogP contribution in [0.15, 0.2) is 66.9 Å². The molecule has 0 fully saturated rings. The molecular formula is C28H26FN3O6. The average Bonchev–Trinajstić information content (AvgIpc) is 2.93. The molecule has 0 saturated heterocycles. The number of urea groups is 1. The van der Waals surface area contributed by atoms with Gasteiger partial charge in [-0.15, -0.1) is 0 Å². The van der Waals surface area contributed by atoms with Crippen LogP contribution in [0.3, 0.4) is 0 Å². The molecule has 1 aliphatic rings. The molecule has 2 heterocycles. The molecule has 38 heavy (non-hydrogen) atoms. The second-order valence-electron chi connectivity index (χ2n) is 8.50. The molecule has 0 saturated carbocycles. The predicted molar refractivity (Wildman–Crippen MR) is 139 cm³/mol. The van der Waals surface area contributed by atoms with Crippen molar-refractivity contribution in [1.29, 1.82) is 0 Å². The smallest absolute Gasteiger partial charge is 0.319 e. The molecule has 10 heteroatoms. The van der Waals surface area contributed by atoms with Gasteiger partial charge in [0.1, 0.15) is 37.1 Å². The first-order valence-electron chi connectivity index (χ1n) is 12.1. The summed E-state index contributed by atoms with van der Waals surface area (Å²) in [7, 11) is 0. The molecule has 0 unspecified atom stereocenters. The van der Waals surface area contributed by atoms with Gasteiger partial charge in [0, 0.05) is 18.0 Å². The number of pyridine rings is 1. The summed E-state index contributed by atoms with van der Waals surface area (Å²) in [5.41, 5.74) is 1.95. The summed E-state index contributed by atoms with van der Waals surface area (Å²) in [4.78, 5) is 16.9. The maximum atomic E-state index is 13.1. The number of hydrogen-bond acceptors (Lipinski definition) is 7. The standard InChI is InChI=1S/C28H26FN3O6/c1-17(18-2-4-19(29)5-3-18)31-28(34)32-20-6-8-21(9-7-20)38-23-10-11-30-22-16-24(35-13-12-33)26-27(25(22)23)37-15-14-36-26/h2-11,16-17,33H,12-15H2,1H3,(H2,31,32,34)/t17-/m1/s1. The van der Waals surface area contributed by atoms with Crippen LogP contribution in [-0.2, 0) is 0 Å². The van der Waals surface area contributed by atoms with Crippen LogP contribution in [0.2, 0.25) is 0 Å². The third-order valence-corrected chi connectivity index (χ3v) is 5.85. The zero-order chi connectivity index (χ0) is 26.5. The quantitative estimate of drug-likeness (QED) is 0.294. The highest BCUT2D eigenvalue weighted by Crippen LogP contribution is 2.48. The fourth-order valence-corrected chi connectivity index (χ4v) is 4.05. The summed E-state index contributed by atoms with van der Waals surface area (Å²) >= 11 is 0. The van der Waals surface area contributed by atoms with E-state index in [1.54, 1.807) is 54.7 Å². The number of aliphatic hydroxyl groups excluding tert-OH is 1. The zero-order valence-electron chi connectivity index (χ0n) is 20.6. The number of rotatable bonds is 8. The Morgan fingerprint density at radius 3 is 2.53 bits per heavy atom. The molecule has 3 N–H and O–H groups in total. The summed E-state index contributed by atoms with van der Waals surface area (Å²) in [6, 6.07) is 15.6. The lowest BCUT2D eigenvalue weighted by Crippen LogP contribution is -2.31. The van der Waals surface area contributed by atoms with Gasteiger partial charge in [0.05, 0.1) is 23.6 Å². The van der Waals surface area contributed by atoms with Crippen molar-refractivity contribution < 1.29 is 33.2 Å². The minimum absolute atomic E-state index is 0.112. The molecule has 4 aromatic rings. The number of carbonyl (C=O) groups is 1. The lowest BCUT2D eigenvalue weighted by atomic mass is 10.1. The summed E-state index contributed by atoms with van der Waals surface area (Å²) in [6.07, 6.45) is 1.62. The van der Waals surface area contributed by atoms with Crippen molar-refractivity contribution in [2.45, 2.75) is 13.0 Å². The van der Waals surface area contributed by atoms with E-state index in [-0.39, 0.29) is 25.1 Å². The van der Waals surface area contributed by atoms with Crippen molar-refractivity contribution in [3.63, 3.8) is 0 Å². The summed E-state index contributed by atoms with van der Waals surface area (Å²) in [5.74, 6) is 2.06. The van der Waals surface area contributed by atoms with Crippen LogP contribution in [0.5, 0.6) is 28.7 Å². The van der Waals surface area contributed by atoms with E-state index in [1.165, 1.54) is 12.1 Å². The van der Waals surface area contributed by atoms with Crippen molar-refractivity contribution in [3.8, 4) is 28.7 Å². The first kappa shape index (κ1) is 25.1. The normalized spacial score (nSPS) is 13.0. The number of ether oxygens (including phenoxy) is 4. The Hall–Kier alpha value is -4.57. The van der Waals surface area contributed by atoms with E-state index in [4.69, 9.17) is 24.1 Å². The van der Waals surface area contributed by atoms with Gasteiger partial charge < -0.3 is 34.7 Å². The first-order chi connectivity index (χ1) is 18.5. The minimum atomic E-state index is -0.390. The lowest BCUT2D eigenvalue weighted by molar-refractivity contribution is 0.155. The highest BCUT2D eigenvalue weighted by molar-refractivity contribution is 5.95. The minimum Gasteiger partial charge on any atom is -0.487 e. The van der Waals surface area contributed by atoms with E-state index in [0.29, 0.717) is 58.6 Å². The van der Waals surface area contributed by atoms with Gasteiger partial charge in [-0.3, -0.25) is 4.98 Å². The number of nitrogens with one attached hydrogen (secondary N) is 2. The molecule has 0 spiro atoms. The molecular weight excluding hydrogens is 493 g/mol. The molecule has 0 bridgehead atoms. The number of carbonyl (C=O) groups excluding carboxylic acids is 1. The Balaban J connectivity index is 1.30. The second kappa shape index (κ2) is 11.2. The van der Waals surface area contributed by atoms with Crippen molar-refractivity contribution in [2.75, 3.05) is 31.7 Å². The number of amides is 2. The predicted octanol–water partition coefficient (Wildman–Crippen LogP) is 5.19. The second-order valence-corrected chi connectivity index (χ2v) is 8.50. The molecule has 196 valence electrons. The largest absolute Gasteiger partial charge is 0.487 e. The summed E-state index contributed by atoms with van der Waals surface area (Å²) in [5, 5.41) is 15.4. The van der Waals surface area contributed by atoms with Crippen LogP contribution in [0.4, 0.5) is 14.9 Å². The molecule has 2 amide bonds. The van der Waals surface area contributed by atoms with Crippen molar-refractivity contribution >= 4 is 22.6 Å². The molecule has 9 nitrogen and oxygen atoms in total. The Morgan fingerprint density at radius 1 is 1.05 bits per heavy atom. The third-order valence-electron chi connectivity index (χ3n) is 5.85. The number of benzene rings is 3. The van der Waals surface area contributed by atoms with E-state index < -0.39 is 6.03 Å². The summed E-state index contributed by atoms with van der Waals surface area (Å²) in [6.45, 7) is 2.53. The van der Waals surface area contributed by atoms with E-state index in [0.717, 1.165) is 5.56 Å². The van der Waals surface area contributed by atoms with Crippen LogP contribution in [-0.4, -0.2) is 42.5 Å². The molecule has 1 aromatic heterocycles. The number of halogens is 1. The number of aliphatic hydroxyl groups is 1. The molecule has 1 atom stereocenters. The Labute approximate surface area is 218 Å².